The quantitative estimate of drug-likeness (QED) is 0.578. The number of hydrogen-bond acceptors (Lipinski definition) is 6. The Morgan fingerprint density at radius 1 is 0.933 bits per heavy atom. The molecule has 1 fully saturated rings. The minimum Gasteiger partial charge on any atom is -0.241 e. The van der Waals surface area contributed by atoms with Crippen LogP contribution in [0, 0.1) is 0 Å². The molecular weight excluding hydrogens is 442 g/mol. The Labute approximate surface area is 181 Å². The number of hydrogen-bond donors (Lipinski definition) is 0. The van der Waals surface area contributed by atoms with Gasteiger partial charge in [0.1, 0.15) is 0 Å². The Kier molecular flexibility index (Phi) is 5.71. The van der Waals surface area contributed by atoms with Gasteiger partial charge in [0.2, 0.25) is 20.0 Å². The van der Waals surface area contributed by atoms with Gasteiger partial charge in [-0.3, -0.25) is 0 Å². The summed E-state index contributed by atoms with van der Waals surface area (Å²) in [4.78, 5) is 4.90. The van der Waals surface area contributed by atoms with Crippen LogP contribution in [0.4, 0.5) is 0 Å². The average molecular weight is 466 g/mol. The van der Waals surface area contributed by atoms with Gasteiger partial charge >= 0.3 is 0 Å². The Hall–Kier alpha value is -1.85. The molecule has 30 heavy (non-hydrogen) atoms. The molecule has 2 heterocycles. The maximum absolute atomic E-state index is 13.0. The molecule has 0 radical (unpaired) electrons. The maximum atomic E-state index is 13.0. The summed E-state index contributed by atoms with van der Waals surface area (Å²) in [6.07, 6.45) is 1.43. The molecule has 3 aromatic rings. The highest BCUT2D eigenvalue weighted by molar-refractivity contribution is 7.89. The number of thiazole rings is 1. The summed E-state index contributed by atoms with van der Waals surface area (Å²) in [5.74, 6) is 0.251. The average Bonchev–Trinajstić information content (AvgIpc) is 3.18. The normalized spacial score (nSPS) is 17.0. The van der Waals surface area contributed by atoms with Gasteiger partial charge in [-0.2, -0.15) is 4.31 Å². The van der Waals surface area contributed by atoms with Crippen LogP contribution in [0.25, 0.3) is 10.2 Å². The first-order valence-electron chi connectivity index (χ1n) is 9.58. The van der Waals surface area contributed by atoms with Gasteiger partial charge in [0.05, 0.1) is 25.0 Å². The Balaban J connectivity index is 1.48. The van der Waals surface area contributed by atoms with Crippen LogP contribution in [0.3, 0.4) is 0 Å². The summed E-state index contributed by atoms with van der Waals surface area (Å²) >= 11 is 1.68. The summed E-state index contributed by atoms with van der Waals surface area (Å²) in [7, 11) is -4.38. The molecule has 10 heteroatoms. The number of rotatable bonds is 5. The van der Waals surface area contributed by atoms with Crippen LogP contribution >= 0.6 is 11.3 Å². The van der Waals surface area contributed by atoms with E-state index in [9.17, 15) is 16.8 Å². The summed E-state index contributed by atoms with van der Waals surface area (Å²) in [6.45, 7) is 0.835. The minimum absolute atomic E-state index is 0.0704. The molecule has 0 unspecified atom stereocenters. The van der Waals surface area contributed by atoms with Crippen LogP contribution in [-0.2, 0) is 20.0 Å². The molecule has 0 spiro atoms. The zero-order valence-electron chi connectivity index (χ0n) is 16.7. The third kappa shape index (κ3) is 3.90. The molecule has 1 saturated heterocycles. The van der Waals surface area contributed by atoms with Gasteiger partial charge in [-0.1, -0.05) is 12.1 Å². The minimum atomic E-state index is -3.67. The van der Waals surface area contributed by atoms with E-state index in [2.05, 4.69) is 6.07 Å². The summed E-state index contributed by atoms with van der Waals surface area (Å²) in [5.41, 5.74) is 0.986. The predicted molar refractivity (Wildman–Crippen MR) is 118 cm³/mol. The van der Waals surface area contributed by atoms with Crippen molar-refractivity contribution in [3.8, 4) is 0 Å². The summed E-state index contributed by atoms with van der Waals surface area (Å²) in [6, 6.07) is 13.4. The van der Waals surface area contributed by atoms with Gasteiger partial charge in [-0.25, -0.2) is 26.1 Å². The van der Waals surface area contributed by atoms with Crippen molar-refractivity contribution in [2.24, 2.45) is 0 Å². The van der Waals surface area contributed by atoms with E-state index >= 15 is 0 Å². The third-order valence-electron chi connectivity index (χ3n) is 5.35. The molecule has 4 rings (SSSR count). The zero-order chi connectivity index (χ0) is 21.5. The van der Waals surface area contributed by atoms with E-state index in [4.69, 9.17) is 4.98 Å². The zero-order valence-corrected chi connectivity index (χ0v) is 19.2. The number of fused-ring (bicyclic) bond motifs is 1. The number of piperidine rings is 1. The van der Waals surface area contributed by atoms with Crippen LogP contribution in [0.5, 0.6) is 0 Å². The fourth-order valence-electron chi connectivity index (χ4n) is 3.55. The molecule has 1 aromatic heterocycles. The molecule has 7 nitrogen and oxygen atoms in total. The molecule has 0 N–H and O–H groups in total. The smallest absolute Gasteiger partial charge is 0.241 e. The van der Waals surface area contributed by atoms with Gasteiger partial charge in [-0.05, 0) is 49.2 Å². The molecule has 0 bridgehead atoms. The van der Waals surface area contributed by atoms with Crippen LogP contribution in [0.2, 0.25) is 0 Å². The molecule has 1 aliphatic heterocycles. The molecular formula is C20H23N3O4S3. The Morgan fingerprint density at radius 2 is 1.53 bits per heavy atom. The van der Waals surface area contributed by atoms with Crippen LogP contribution in [0.15, 0.2) is 58.3 Å². The van der Waals surface area contributed by atoms with E-state index in [1.807, 2.05) is 18.2 Å². The van der Waals surface area contributed by atoms with Crippen molar-refractivity contribution in [3.63, 3.8) is 0 Å². The number of aromatic nitrogens is 1. The monoisotopic (exact) mass is 465 g/mol. The van der Waals surface area contributed by atoms with Gasteiger partial charge in [0, 0.05) is 33.1 Å². The maximum Gasteiger partial charge on any atom is 0.243 e. The summed E-state index contributed by atoms with van der Waals surface area (Å²) < 4.78 is 54.1. The Morgan fingerprint density at radius 3 is 2.13 bits per heavy atom. The molecule has 0 aliphatic carbocycles. The lowest BCUT2D eigenvalue weighted by Gasteiger charge is -2.30. The molecule has 0 atom stereocenters. The lowest BCUT2D eigenvalue weighted by molar-refractivity contribution is 0.319. The van der Waals surface area contributed by atoms with Crippen molar-refractivity contribution in [3.05, 3.63) is 53.5 Å². The van der Waals surface area contributed by atoms with Gasteiger partial charge < -0.3 is 0 Å². The van der Waals surface area contributed by atoms with E-state index in [1.54, 1.807) is 11.3 Å². The first kappa shape index (κ1) is 21.4. The molecule has 1 aliphatic rings. The molecule has 2 aromatic carbocycles. The Bertz CT molecular complexity index is 1230. The second kappa shape index (κ2) is 8.01. The lowest BCUT2D eigenvalue weighted by atomic mass is 9.99. The first-order chi connectivity index (χ1) is 14.2. The highest BCUT2D eigenvalue weighted by Gasteiger charge is 2.31. The number of para-hydroxylation sites is 1. The van der Waals surface area contributed by atoms with Gasteiger partial charge in [-0.15, -0.1) is 11.3 Å². The van der Waals surface area contributed by atoms with Crippen molar-refractivity contribution in [1.29, 1.82) is 0 Å². The van der Waals surface area contributed by atoms with Crippen LogP contribution < -0.4 is 0 Å². The first-order valence-corrected chi connectivity index (χ1v) is 13.3. The van der Waals surface area contributed by atoms with Gasteiger partial charge in [0.15, 0.2) is 0 Å². The van der Waals surface area contributed by atoms with Crippen molar-refractivity contribution in [2.75, 3.05) is 27.2 Å². The number of sulfonamides is 2. The molecule has 0 amide bonds. The van der Waals surface area contributed by atoms with Crippen LogP contribution in [-0.4, -0.2) is 57.6 Å². The van der Waals surface area contributed by atoms with Crippen molar-refractivity contribution >= 4 is 41.6 Å². The largest absolute Gasteiger partial charge is 0.243 e. The van der Waals surface area contributed by atoms with Crippen molar-refractivity contribution in [2.45, 2.75) is 28.6 Å². The van der Waals surface area contributed by atoms with E-state index < -0.39 is 20.0 Å². The number of nitrogens with zero attached hydrogens (tertiary/aromatic N) is 3. The molecule has 160 valence electrons. The summed E-state index contributed by atoms with van der Waals surface area (Å²) in [5, 5.41) is 1.06. The predicted octanol–water partition coefficient (Wildman–Crippen LogP) is 3.11. The third-order valence-corrected chi connectivity index (χ3v) is 10.3. The second-order valence-electron chi connectivity index (χ2n) is 7.46. The van der Waals surface area contributed by atoms with Gasteiger partial charge in [0.25, 0.3) is 0 Å². The number of benzene rings is 2. The second-order valence-corrected chi connectivity index (χ2v) is 12.6. The fraction of sp³-hybridized carbons (Fsp3) is 0.350. The standard InChI is InChI=1S/C20H23N3O4S3/c1-22(2)29(24,25)16-7-9-17(10-8-16)30(26,27)23-13-11-15(12-14-23)20-21-18-5-3-4-6-19(18)28-20/h3-10,15H,11-14H2,1-2H3. The topological polar surface area (TPSA) is 87.7 Å². The highest BCUT2D eigenvalue weighted by atomic mass is 32.2. The van der Waals surface area contributed by atoms with Crippen molar-refractivity contribution in [1.82, 2.24) is 13.6 Å². The lowest BCUT2D eigenvalue weighted by Crippen LogP contribution is -2.37. The van der Waals surface area contributed by atoms with E-state index in [-0.39, 0.29) is 15.7 Å². The van der Waals surface area contributed by atoms with Crippen LogP contribution in [0.1, 0.15) is 23.8 Å². The fourth-order valence-corrected chi connectivity index (χ4v) is 7.06. The highest BCUT2D eigenvalue weighted by Crippen LogP contribution is 2.35. The van der Waals surface area contributed by atoms with E-state index in [0.29, 0.717) is 25.9 Å². The van der Waals surface area contributed by atoms with E-state index in [1.165, 1.54) is 42.7 Å². The van der Waals surface area contributed by atoms with E-state index in [0.717, 1.165) is 19.5 Å². The molecule has 0 saturated carbocycles. The van der Waals surface area contributed by atoms with Crippen molar-refractivity contribution < 1.29 is 16.8 Å². The SMILES string of the molecule is CN(C)S(=O)(=O)c1ccc(S(=O)(=O)N2CCC(c3nc4ccccc4s3)CC2)cc1.